The predicted molar refractivity (Wildman–Crippen MR) is 95.0 cm³/mol. The van der Waals surface area contributed by atoms with Crippen molar-refractivity contribution < 1.29 is 9.59 Å². The zero-order chi connectivity index (χ0) is 16.8. The van der Waals surface area contributed by atoms with Gasteiger partial charge in [-0.3, -0.25) is 10.1 Å². The van der Waals surface area contributed by atoms with E-state index in [9.17, 15) is 9.59 Å². The van der Waals surface area contributed by atoms with Gasteiger partial charge in [-0.2, -0.15) is 0 Å². The van der Waals surface area contributed by atoms with E-state index >= 15 is 0 Å². The van der Waals surface area contributed by atoms with Gasteiger partial charge in [-0.15, -0.1) is 11.3 Å². The Balaban J connectivity index is 1.50. The Kier molecular flexibility index (Phi) is 5.39. The normalized spacial score (nSPS) is 10.5. The molecule has 3 amide bonds. The van der Waals surface area contributed by atoms with Crippen LogP contribution in [0.15, 0.2) is 53.1 Å². The number of aromatic nitrogens is 2. The molecule has 122 valence electrons. The van der Waals surface area contributed by atoms with E-state index in [1.807, 2.05) is 41.8 Å². The molecule has 0 aliphatic heterocycles. The van der Waals surface area contributed by atoms with Crippen LogP contribution in [0.5, 0.6) is 0 Å². The molecule has 0 unspecified atom stereocenters. The van der Waals surface area contributed by atoms with Crippen molar-refractivity contribution in [3.63, 3.8) is 0 Å². The Labute approximate surface area is 146 Å². The number of imide groups is 1. The van der Waals surface area contributed by atoms with Gasteiger partial charge in [0.05, 0.1) is 17.8 Å². The molecule has 0 spiro atoms. The van der Waals surface area contributed by atoms with Crippen LogP contribution in [-0.2, 0) is 11.3 Å². The first-order valence-corrected chi connectivity index (χ1v) is 9.01. The van der Waals surface area contributed by atoms with Crippen molar-refractivity contribution in [2.75, 3.05) is 5.75 Å². The molecule has 0 fully saturated rings. The molecule has 2 aromatic heterocycles. The number of hydrogen-bond acceptors (Lipinski definition) is 6. The van der Waals surface area contributed by atoms with E-state index in [0.717, 1.165) is 20.8 Å². The molecule has 2 N–H and O–H groups in total. The third kappa shape index (κ3) is 4.30. The highest BCUT2D eigenvalue weighted by atomic mass is 32.2. The lowest BCUT2D eigenvalue weighted by atomic mass is 10.2. The van der Waals surface area contributed by atoms with Crippen molar-refractivity contribution in [1.29, 1.82) is 0 Å². The molecule has 0 saturated heterocycles. The summed E-state index contributed by atoms with van der Waals surface area (Å²) in [4.78, 5) is 33.0. The van der Waals surface area contributed by atoms with Gasteiger partial charge in [0.1, 0.15) is 11.4 Å². The average Bonchev–Trinajstić information content (AvgIpc) is 3.11. The molecule has 3 aromatic rings. The summed E-state index contributed by atoms with van der Waals surface area (Å²) in [5.74, 6) is -0.265. The van der Waals surface area contributed by atoms with Gasteiger partial charge in [0.2, 0.25) is 5.91 Å². The SMILES string of the molecule is O=C(CSc1ncnc2ccccc12)NC(=O)NCc1cccs1. The number of para-hydroxylation sites is 1. The summed E-state index contributed by atoms with van der Waals surface area (Å²) >= 11 is 2.82. The first kappa shape index (κ1) is 16.4. The van der Waals surface area contributed by atoms with Crippen LogP contribution in [0.3, 0.4) is 0 Å². The number of nitrogens with zero attached hydrogens (tertiary/aromatic N) is 2. The van der Waals surface area contributed by atoms with Crippen LogP contribution < -0.4 is 10.6 Å². The second-order valence-electron chi connectivity index (χ2n) is 4.79. The van der Waals surface area contributed by atoms with Gasteiger partial charge in [-0.05, 0) is 17.5 Å². The van der Waals surface area contributed by atoms with Gasteiger partial charge < -0.3 is 5.32 Å². The Hall–Kier alpha value is -2.45. The van der Waals surface area contributed by atoms with Crippen molar-refractivity contribution in [3.8, 4) is 0 Å². The number of urea groups is 1. The number of carbonyl (C=O) groups excluding carboxylic acids is 2. The zero-order valence-electron chi connectivity index (χ0n) is 12.6. The van der Waals surface area contributed by atoms with Gasteiger partial charge in [-0.25, -0.2) is 14.8 Å². The van der Waals surface area contributed by atoms with Gasteiger partial charge in [0.15, 0.2) is 0 Å². The number of fused-ring (bicyclic) bond motifs is 1. The van der Waals surface area contributed by atoms with Crippen LogP contribution in [0.2, 0.25) is 0 Å². The molecule has 8 heteroatoms. The van der Waals surface area contributed by atoms with Crippen LogP contribution in [0.25, 0.3) is 10.9 Å². The maximum absolute atomic E-state index is 11.9. The van der Waals surface area contributed by atoms with Crippen molar-refractivity contribution in [1.82, 2.24) is 20.6 Å². The third-order valence-electron chi connectivity index (χ3n) is 3.10. The minimum absolute atomic E-state index is 0.105. The monoisotopic (exact) mass is 358 g/mol. The first-order valence-electron chi connectivity index (χ1n) is 7.15. The molecule has 0 saturated carbocycles. The van der Waals surface area contributed by atoms with Crippen LogP contribution in [-0.4, -0.2) is 27.7 Å². The molecule has 0 bridgehead atoms. The highest BCUT2D eigenvalue weighted by Crippen LogP contribution is 2.23. The summed E-state index contributed by atoms with van der Waals surface area (Å²) in [5.41, 5.74) is 0.823. The Morgan fingerprint density at radius 1 is 1.12 bits per heavy atom. The average molecular weight is 358 g/mol. The van der Waals surface area contributed by atoms with E-state index in [4.69, 9.17) is 0 Å². The molecular formula is C16H14N4O2S2. The summed E-state index contributed by atoms with van der Waals surface area (Å²) in [6, 6.07) is 10.9. The minimum Gasteiger partial charge on any atom is -0.333 e. The molecular weight excluding hydrogens is 344 g/mol. The number of nitrogens with one attached hydrogen (secondary N) is 2. The maximum atomic E-state index is 11.9. The zero-order valence-corrected chi connectivity index (χ0v) is 14.2. The maximum Gasteiger partial charge on any atom is 0.321 e. The Morgan fingerprint density at radius 2 is 2.00 bits per heavy atom. The molecule has 0 radical (unpaired) electrons. The second-order valence-corrected chi connectivity index (χ2v) is 6.79. The largest absolute Gasteiger partial charge is 0.333 e. The lowest BCUT2D eigenvalue weighted by Crippen LogP contribution is -2.39. The van der Waals surface area contributed by atoms with Crippen LogP contribution in [0.4, 0.5) is 4.79 Å². The number of hydrogen-bond donors (Lipinski definition) is 2. The topological polar surface area (TPSA) is 84.0 Å². The van der Waals surface area contributed by atoms with Gasteiger partial charge >= 0.3 is 6.03 Å². The smallest absolute Gasteiger partial charge is 0.321 e. The van der Waals surface area contributed by atoms with E-state index in [1.165, 1.54) is 18.1 Å². The van der Waals surface area contributed by atoms with Crippen LogP contribution in [0.1, 0.15) is 4.88 Å². The van der Waals surface area contributed by atoms with Gasteiger partial charge in [-0.1, -0.05) is 36.0 Å². The standard InChI is InChI=1S/C16H14N4O2S2/c21-14(20-16(22)17-8-11-4-3-7-23-11)9-24-15-12-5-1-2-6-13(12)18-10-19-15/h1-7,10H,8-9H2,(H2,17,20,21,22). The predicted octanol–water partition coefficient (Wildman–Crippen LogP) is 2.81. The lowest BCUT2D eigenvalue weighted by Gasteiger charge is -2.06. The van der Waals surface area contributed by atoms with Crippen molar-refractivity contribution in [3.05, 3.63) is 53.0 Å². The summed E-state index contributed by atoms with van der Waals surface area (Å²) in [5, 5.41) is 8.50. The number of amides is 3. The second kappa shape index (κ2) is 7.89. The summed E-state index contributed by atoms with van der Waals surface area (Å²) in [6.45, 7) is 0.403. The number of benzene rings is 1. The molecule has 0 aliphatic carbocycles. The number of thiophene rings is 1. The first-order chi connectivity index (χ1) is 11.7. The van der Waals surface area contributed by atoms with E-state index in [-0.39, 0.29) is 11.7 Å². The number of thioether (sulfide) groups is 1. The summed E-state index contributed by atoms with van der Waals surface area (Å²) in [6.07, 6.45) is 1.47. The quantitative estimate of drug-likeness (QED) is 0.541. The highest BCUT2D eigenvalue weighted by Gasteiger charge is 2.10. The van der Waals surface area contributed by atoms with Gasteiger partial charge in [0.25, 0.3) is 0 Å². The molecule has 3 rings (SSSR count). The molecule has 1 aromatic carbocycles. The molecule has 6 nitrogen and oxygen atoms in total. The van der Waals surface area contributed by atoms with E-state index < -0.39 is 6.03 Å². The van der Waals surface area contributed by atoms with E-state index in [1.54, 1.807) is 11.3 Å². The summed E-state index contributed by atoms with van der Waals surface area (Å²) in [7, 11) is 0. The van der Waals surface area contributed by atoms with Crippen molar-refractivity contribution in [2.45, 2.75) is 11.6 Å². The van der Waals surface area contributed by atoms with Crippen molar-refractivity contribution >= 4 is 45.9 Å². The summed E-state index contributed by atoms with van der Waals surface area (Å²) < 4.78 is 0. The Morgan fingerprint density at radius 3 is 2.83 bits per heavy atom. The van der Waals surface area contributed by atoms with Crippen LogP contribution in [0, 0.1) is 0 Å². The number of carbonyl (C=O) groups is 2. The number of rotatable bonds is 5. The minimum atomic E-state index is -0.499. The fraction of sp³-hybridized carbons (Fsp3) is 0.125. The Bertz CT molecular complexity index is 847. The van der Waals surface area contributed by atoms with E-state index in [2.05, 4.69) is 20.6 Å². The third-order valence-corrected chi connectivity index (χ3v) is 4.98. The van der Waals surface area contributed by atoms with Crippen LogP contribution >= 0.6 is 23.1 Å². The molecule has 24 heavy (non-hydrogen) atoms. The fourth-order valence-electron chi connectivity index (χ4n) is 2.02. The molecule has 0 aliphatic rings. The molecule has 2 heterocycles. The van der Waals surface area contributed by atoms with E-state index in [0.29, 0.717) is 6.54 Å². The van der Waals surface area contributed by atoms with Crippen molar-refractivity contribution in [2.24, 2.45) is 0 Å². The fourth-order valence-corrected chi connectivity index (χ4v) is 3.45. The lowest BCUT2D eigenvalue weighted by molar-refractivity contribution is -0.117. The molecule has 0 atom stereocenters. The highest BCUT2D eigenvalue weighted by molar-refractivity contribution is 8.00. The van der Waals surface area contributed by atoms with Gasteiger partial charge in [0, 0.05) is 10.3 Å².